The van der Waals surface area contributed by atoms with Crippen LogP contribution in [0.5, 0.6) is 6.01 Å². The first-order chi connectivity index (χ1) is 24.5. The highest BCUT2D eigenvalue weighted by Gasteiger charge is 2.35. The lowest BCUT2D eigenvalue weighted by Crippen LogP contribution is -2.37. The standard InChI is InChI=1S/C26H21F4N5O2.C7H12FN.C4H9N/c1-13(27)25(36)35-10-9-15(12-35)34(2)24-17-11-31-22(21(30)23(17)32-26(33-24)37-3)16-6-4-5-14-7-8-18(28)20(29)19(14)16;8-6-4-7-2-1-3-9(7)5-6;1-5-3-2-4-5/h4-8,11,15H,1,9-10,12H2,2-3H3;6-7H,1-5H2;2-4H2,1H3. The molecule has 14 heteroatoms. The Kier molecular flexibility index (Phi) is 11.0. The van der Waals surface area contributed by atoms with Crippen LogP contribution < -0.4 is 9.64 Å². The number of alkyl halides is 1. The zero-order valence-corrected chi connectivity index (χ0v) is 29.0. The minimum atomic E-state index is -1.11. The maximum Gasteiger partial charge on any atom is 0.318 e. The molecule has 51 heavy (non-hydrogen) atoms. The van der Waals surface area contributed by atoms with Gasteiger partial charge in [0.1, 0.15) is 23.2 Å². The number of carbonyl (C=O) groups excluding carboxylic acids is 1. The van der Waals surface area contributed by atoms with Crippen molar-refractivity contribution in [2.24, 2.45) is 0 Å². The van der Waals surface area contributed by atoms with E-state index in [1.807, 2.05) is 0 Å². The van der Waals surface area contributed by atoms with Crippen LogP contribution in [0.4, 0.5) is 27.8 Å². The van der Waals surface area contributed by atoms with Crippen molar-refractivity contribution in [1.29, 1.82) is 0 Å². The Hall–Kier alpha value is -4.43. The summed E-state index contributed by atoms with van der Waals surface area (Å²) in [5.74, 6) is -4.56. The first-order valence-electron chi connectivity index (χ1n) is 17.2. The Morgan fingerprint density at radius 3 is 2.43 bits per heavy atom. The van der Waals surface area contributed by atoms with E-state index in [-0.39, 0.29) is 52.0 Å². The number of halogens is 5. The van der Waals surface area contributed by atoms with Crippen LogP contribution in [0.15, 0.2) is 48.9 Å². The van der Waals surface area contributed by atoms with Crippen molar-refractivity contribution in [2.75, 3.05) is 65.4 Å². The molecule has 8 rings (SSSR count). The summed E-state index contributed by atoms with van der Waals surface area (Å²) in [6, 6.07) is 7.28. The number of benzene rings is 2. The van der Waals surface area contributed by atoms with Crippen LogP contribution in [0.1, 0.15) is 32.1 Å². The summed E-state index contributed by atoms with van der Waals surface area (Å²) < 4.78 is 75.9. The van der Waals surface area contributed by atoms with E-state index in [1.165, 1.54) is 62.7 Å². The van der Waals surface area contributed by atoms with Crippen molar-refractivity contribution in [1.82, 2.24) is 29.7 Å². The number of rotatable bonds is 5. The van der Waals surface area contributed by atoms with Gasteiger partial charge in [-0.3, -0.25) is 14.7 Å². The highest BCUT2D eigenvalue weighted by molar-refractivity contribution is 5.99. The van der Waals surface area contributed by atoms with E-state index >= 15 is 4.39 Å². The second kappa shape index (κ2) is 15.4. The van der Waals surface area contributed by atoms with Crippen molar-refractivity contribution < 1.29 is 31.5 Å². The number of methoxy groups -OCH3 is 1. The monoisotopic (exact) mass is 711 g/mol. The van der Waals surface area contributed by atoms with E-state index in [0.717, 1.165) is 19.0 Å². The fourth-order valence-electron chi connectivity index (χ4n) is 7.16. The molecule has 2 aromatic carbocycles. The van der Waals surface area contributed by atoms with Crippen LogP contribution in [0.25, 0.3) is 32.9 Å². The molecule has 4 aromatic rings. The van der Waals surface area contributed by atoms with Gasteiger partial charge in [-0.15, -0.1) is 0 Å². The Balaban J connectivity index is 0.000000262. The van der Waals surface area contributed by atoms with Crippen LogP contribution in [0.3, 0.4) is 0 Å². The summed E-state index contributed by atoms with van der Waals surface area (Å²) >= 11 is 0. The van der Waals surface area contributed by atoms with Gasteiger partial charge in [0.05, 0.1) is 12.5 Å². The number of anilines is 1. The van der Waals surface area contributed by atoms with Gasteiger partial charge < -0.3 is 19.4 Å². The third-order valence-corrected chi connectivity index (χ3v) is 10.1. The third kappa shape index (κ3) is 7.62. The van der Waals surface area contributed by atoms with E-state index < -0.39 is 35.4 Å². The number of amides is 1. The molecule has 3 atom stereocenters. The van der Waals surface area contributed by atoms with E-state index in [9.17, 15) is 22.4 Å². The summed E-state index contributed by atoms with van der Waals surface area (Å²) in [5, 5.41) is 0.530. The number of hydrogen-bond donors (Lipinski definition) is 0. The van der Waals surface area contributed by atoms with E-state index in [0.29, 0.717) is 30.9 Å². The second-order valence-corrected chi connectivity index (χ2v) is 13.5. The summed E-state index contributed by atoms with van der Waals surface area (Å²) in [4.78, 5) is 32.4. The van der Waals surface area contributed by atoms with Gasteiger partial charge in [-0.25, -0.2) is 22.0 Å². The molecule has 0 N–H and O–H groups in total. The van der Waals surface area contributed by atoms with Crippen LogP contribution in [-0.4, -0.2) is 114 Å². The molecule has 4 aliphatic rings. The van der Waals surface area contributed by atoms with Crippen LogP contribution in [0.2, 0.25) is 0 Å². The molecule has 272 valence electrons. The molecule has 0 bridgehead atoms. The molecular formula is C37H42F5N7O2. The average molecular weight is 712 g/mol. The first kappa shape index (κ1) is 36.4. The van der Waals surface area contributed by atoms with E-state index in [1.54, 1.807) is 24.1 Å². The molecular weight excluding hydrogens is 669 g/mol. The summed E-state index contributed by atoms with van der Waals surface area (Å²) in [5.41, 5.74) is -0.274. The van der Waals surface area contributed by atoms with Gasteiger partial charge in [0, 0.05) is 55.9 Å². The number of ether oxygens (including phenoxy) is 1. The molecule has 0 spiro atoms. The van der Waals surface area contributed by atoms with Crippen LogP contribution in [0, 0.1) is 17.5 Å². The number of carbonyl (C=O) groups is 1. The maximum absolute atomic E-state index is 16.0. The van der Waals surface area contributed by atoms with Gasteiger partial charge in [0.15, 0.2) is 23.3 Å². The SMILES string of the molecule is C=C(F)C(=O)N1CCC(N(C)c2nc(OC)nc3c(F)c(-c4cccc5ccc(F)c(F)c45)ncc23)C1.CN1CCC1.FC1CC2CCCN2C1. The van der Waals surface area contributed by atoms with Crippen molar-refractivity contribution >= 4 is 33.4 Å². The molecule has 4 saturated heterocycles. The lowest BCUT2D eigenvalue weighted by atomic mass is 10.00. The molecule has 0 aliphatic carbocycles. The zero-order valence-electron chi connectivity index (χ0n) is 29.0. The molecule has 1 amide bonds. The molecule has 4 aliphatic heterocycles. The number of pyridine rings is 1. The van der Waals surface area contributed by atoms with Crippen LogP contribution >= 0.6 is 0 Å². The van der Waals surface area contributed by atoms with Crippen molar-refractivity contribution in [2.45, 2.75) is 50.4 Å². The number of hydrogen-bond acceptors (Lipinski definition) is 8. The highest BCUT2D eigenvalue weighted by Crippen LogP contribution is 2.37. The molecule has 0 radical (unpaired) electrons. The van der Waals surface area contributed by atoms with Gasteiger partial charge in [-0.2, -0.15) is 9.97 Å². The molecule has 4 fully saturated rings. The Morgan fingerprint density at radius 1 is 1.00 bits per heavy atom. The fraction of sp³-hybridized carbons (Fsp3) is 0.459. The molecule has 6 heterocycles. The fourth-order valence-corrected chi connectivity index (χ4v) is 7.16. The van der Waals surface area contributed by atoms with Gasteiger partial charge in [0.2, 0.25) is 0 Å². The number of aromatic nitrogens is 3. The van der Waals surface area contributed by atoms with Crippen molar-refractivity contribution in [3.63, 3.8) is 0 Å². The Labute approximate surface area is 293 Å². The van der Waals surface area contributed by atoms with Crippen LogP contribution in [-0.2, 0) is 4.79 Å². The Bertz CT molecular complexity index is 1910. The van der Waals surface area contributed by atoms with Crippen molar-refractivity contribution in [3.8, 4) is 17.3 Å². The smallest absolute Gasteiger partial charge is 0.318 e. The minimum Gasteiger partial charge on any atom is -0.467 e. The lowest BCUT2D eigenvalue weighted by molar-refractivity contribution is -0.127. The summed E-state index contributed by atoms with van der Waals surface area (Å²) in [6.45, 7) is 8.08. The van der Waals surface area contributed by atoms with E-state index in [2.05, 4.69) is 38.4 Å². The highest BCUT2D eigenvalue weighted by atomic mass is 19.2. The topological polar surface area (TPSA) is 77.9 Å². The summed E-state index contributed by atoms with van der Waals surface area (Å²) in [7, 11) is 5.18. The van der Waals surface area contributed by atoms with Crippen molar-refractivity contribution in [3.05, 3.63) is 66.4 Å². The van der Waals surface area contributed by atoms with Gasteiger partial charge in [-0.1, -0.05) is 30.8 Å². The summed E-state index contributed by atoms with van der Waals surface area (Å²) in [6.07, 6.45) is 6.10. The normalized spacial score (nSPS) is 21.4. The number of fused-ring (bicyclic) bond motifs is 3. The maximum atomic E-state index is 16.0. The zero-order chi connectivity index (χ0) is 36.4. The average Bonchev–Trinajstić information content (AvgIpc) is 3.86. The quantitative estimate of drug-likeness (QED) is 0.176. The third-order valence-electron chi connectivity index (χ3n) is 10.1. The number of nitrogens with zero attached hydrogens (tertiary/aromatic N) is 7. The molecule has 0 saturated carbocycles. The first-order valence-corrected chi connectivity index (χ1v) is 17.2. The predicted molar refractivity (Wildman–Crippen MR) is 187 cm³/mol. The molecule has 9 nitrogen and oxygen atoms in total. The predicted octanol–water partition coefficient (Wildman–Crippen LogP) is 6.31. The van der Waals surface area contributed by atoms with Gasteiger partial charge in [-0.05, 0) is 70.2 Å². The number of likely N-dealkylation sites (N-methyl/N-ethyl adjacent to an activating group) is 1. The molecule has 2 aromatic heterocycles. The van der Waals surface area contributed by atoms with E-state index in [4.69, 9.17) is 4.74 Å². The lowest BCUT2D eigenvalue weighted by Gasteiger charge is -2.27. The van der Waals surface area contributed by atoms with Gasteiger partial charge in [0.25, 0.3) is 5.91 Å². The Morgan fingerprint density at radius 2 is 1.76 bits per heavy atom. The van der Waals surface area contributed by atoms with Gasteiger partial charge >= 0.3 is 6.01 Å². The minimum absolute atomic E-state index is 0.0674. The second-order valence-electron chi connectivity index (χ2n) is 13.5. The largest absolute Gasteiger partial charge is 0.467 e. The number of likely N-dealkylation sites (tertiary alicyclic amines) is 2. The molecule has 3 unspecified atom stereocenters.